The van der Waals surface area contributed by atoms with Crippen LogP contribution in [0.15, 0.2) is 41.3 Å². The standard InChI is InChI=1S/C19H21NO6S/c1-19(2,13-3-5-15-17(11-13)25-9-7-23-15)20-27(21,22)14-4-6-16-18(12-14)26-10-8-24-16/h3-6,11-12,20H,7-10H2,1-2H3. The summed E-state index contributed by atoms with van der Waals surface area (Å²) in [6.45, 7) is 5.43. The number of hydrogen-bond donors (Lipinski definition) is 1. The van der Waals surface area contributed by atoms with Crippen LogP contribution in [0.4, 0.5) is 0 Å². The van der Waals surface area contributed by atoms with Gasteiger partial charge in [-0.2, -0.15) is 0 Å². The summed E-state index contributed by atoms with van der Waals surface area (Å²) in [5.74, 6) is 2.26. The fourth-order valence-corrected chi connectivity index (χ4v) is 4.49. The van der Waals surface area contributed by atoms with Crippen molar-refractivity contribution in [1.29, 1.82) is 0 Å². The lowest BCUT2D eigenvalue weighted by atomic mass is 9.95. The molecule has 0 aromatic heterocycles. The molecule has 144 valence electrons. The van der Waals surface area contributed by atoms with Gasteiger partial charge in [0.2, 0.25) is 10.0 Å². The van der Waals surface area contributed by atoms with Crippen molar-refractivity contribution in [3.63, 3.8) is 0 Å². The zero-order chi connectivity index (χ0) is 19.1. The summed E-state index contributed by atoms with van der Waals surface area (Å²) in [6, 6.07) is 10.0. The second-order valence-corrected chi connectivity index (χ2v) is 8.58. The minimum Gasteiger partial charge on any atom is -0.486 e. The fraction of sp³-hybridized carbons (Fsp3) is 0.368. The number of fused-ring (bicyclic) bond motifs is 2. The highest BCUT2D eigenvalue weighted by molar-refractivity contribution is 7.89. The van der Waals surface area contributed by atoms with E-state index in [-0.39, 0.29) is 4.90 Å². The van der Waals surface area contributed by atoms with Crippen LogP contribution in [0.5, 0.6) is 23.0 Å². The Morgan fingerprint density at radius 3 is 1.93 bits per heavy atom. The topological polar surface area (TPSA) is 83.1 Å². The van der Waals surface area contributed by atoms with E-state index in [0.717, 1.165) is 5.56 Å². The molecule has 0 fully saturated rings. The molecule has 27 heavy (non-hydrogen) atoms. The summed E-state index contributed by atoms with van der Waals surface area (Å²) < 4.78 is 50.7. The van der Waals surface area contributed by atoms with Crippen molar-refractivity contribution in [2.24, 2.45) is 0 Å². The predicted octanol–water partition coefficient (Wildman–Crippen LogP) is 2.44. The molecule has 7 nitrogen and oxygen atoms in total. The second kappa shape index (κ2) is 6.61. The van der Waals surface area contributed by atoms with Crippen molar-refractivity contribution >= 4 is 10.0 Å². The molecule has 0 aliphatic carbocycles. The van der Waals surface area contributed by atoms with Crippen LogP contribution >= 0.6 is 0 Å². The number of benzene rings is 2. The molecule has 1 N–H and O–H groups in total. The number of sulfonamides is 1. The van der Waals surface area contributed by atoms with Crippen molar-refractivity contribution in [3.05, 3.63) is 42.0 Å². The van der Waals surface area contributed by atoms with Crippen molar-refractivity contribution in [1.82, 2.24) is 4.72 Å². The quantitative estimate of drug-likeness (QED) is 0.862. The first-order valence-electron chi connectivity index (χ1n) is 8.69. The highest BCUT2D eigenvalue weighted by Gasteiger charge is 2.30. The van der Waals surface area contributed by atoms with Gasteiger partial charge in [0.15, 0.2) is 23.0 Å². The molecule has 0 unspecified atom stereocenters. The first kappa shape index (κ1) is 17.9. The van der Waals surface area contributed by atoms with Gasteiger partial charge in [-0.15, -0.1) is 0 Å². The van der Waals surface area contributed by atoms with Crippen molar-refractivity contribution in [2.45, 2.75) is 24.3 Å². The molecule has 0 atom stereocenters. The average molecular weight is 391 g/mol. The Labute approximate surface area is 158 Å². The van der Waals surface area contributed by atoms with Crippen LogP contribution < -0.4 is 23.7 Å². The van der Waals surface area contributed by atoms with Gasteiger partial charge in [-0.3, -0.25) is 0 Å². The van der Waals surface area contributed by atoms with E-state index in [1.807, 2.05) is 6.07 Å². The molecule has 0 radical (unpaired) electrons. The van der Waals surface area contributed by atoms with E-state index < -0.39 is 15.6 Å². The second-order valence-electron chi connectivity index (χ2n) is 6.89. The lowest BCUT2D eigenvalue weighted by molar-refractivity contribution is 0.171. The van der Waals surface area contributed by atoms with Crippen LogP contribution in [0.1, 0.15) is 19.4 Å². The smallest absolute Gasteiger partial charge is 0.241 e. The summed E-state index contributed by atoms with van der Waals surface area (Å²) in [5, 5.41) is 0. The van der Waals surface area contributed by atoms with Crippen LogP contribution in [-0.2, 0) is 15.6 Å². The largest absolute Gasteiger partial charge is 0.486 e. The lowest BCUT2D eigenvalue weighted by Gasteiger charge is -2.28. The molecule has 2 heterocycles. The van der Waals surface area contributed by atoms with Gasteiger partial charge in [0, 0.05) is 6.07 Å². The zero-order valence-electron chi connectivity index (χ0n) is 15.2. The lowest BCUT2D eigenvalue weighted by Crippen LogP contribution is -2.41. The Morgan fingerprint density at radius 1 is 0.778 bits per heavy atom. The molecule has 8 heteroatoms. The summed E-state index contributed by atoms with van der Waals surface area (Å²) in [6.07, 6.45) is 0. The van der Waals surface area contributed by atoms with Gasteiger partial charge in [-0.05, 0) is 43.7 Å². The summed E-state index contributed by atoms with van der Waals surface area (Å²) in [5.41, 5.74) is -0.0880. The molecule has 4 rings (SSSR count). The van der Waals surface area contributed by atoms with Crippen LogP contribution in [0.3, 0.4) is 0 Å². The van der Waals surface area contributed by atoms with Crippen molar-refractivity contribution in [2.75, 3.05) is 26.4 Å². The fourth-order valence-electron chi connectivity index (χ4n) is 3.08. The maximum atomic E-state index is 12.9. The molecule has 2 aromatic carbocycles. The van der Waals surface area contributed by atoms with Gasteiger partial charge < -0.3 is 18.9 Å². The van der Waals surface area contributed by atoms with Crippen LogP contribution in [0, 0.1) is 0 Å². The molecule has 2 aromatic rings. The SMILES string of the molecule is CC(C)(NS(=O)(=O)c1ccc2c(c1)OCCO2)c1ccc2c(c1)OCCO2. The minimum absolute atomic E-state index is 0.123. The third-order valence-corrected chi connectivity index (χ3v) is 6.13. The van der Waals surface area contributed by atoms with Gasteiger partial charge in [0.05, 0.1) is 10.4 Å². The molecule has 0 bridgehead atoms. The monoisotopic (exact) mass is 391 g/mol. The number of rotatable bonds is 4. The Balaban J connectivity index is 1.61. The number of hydrogen-bond acceptors (Lipinski definition) is 6. The highest BCUT2D eigenvalue weighted by Crippen LogP contribution is 2.36. The Bertz CT molecular complexity index is 970. The maximum Gasteiger partial charge on any atom is 0.241 e. The van der Waals surface area contributed by atoms with Gasteiger partial charge in [-0.25, -0.2) is 13.1 Å². The van der Waals surface area contributed by atoms with E-state index in [1.165, 1.54) is 12.1 Å². The molecular formula is C19H21NO6S. The molecule has 0 spiro atoms. The maximum absolute atomic E-state index is 12.9. The van der Waals surface area contributed by atoms with Crippen LogP contribution in [0.2, 0.25) is 0 Å². The summed E-state index contributed by atoms with van der Waals surface area (Å²) in [4.78, 5) is 0.123. The minimum atomic E-state index is -3.78. The summed E-state index contributed by atoms with van der Waals surface area (Å²) in [7, 11) is -3.78. The number of ether oxygens (including phenoxy) is 4. The molecular weight excluding hydrogens is 370 g/mol. The molecule has 2 aliphatic heterocycles. The van der Waals surface area contributed by atoms with E-state index in [0.29, 0.717) is 49.4 Å². The van der Waals surface area contributed by atoms with E-state index in [9.17, 15) is 8.42 Å². The molecule has 0 amide bonds. The third kappa shape index (κ3) is 3.54. The zero-order valence-corrected chi connectivity index (χ0v) is 16.0. The van der Waals surface area contributed by atoms with E-state index in [2.05, 4.69) is 4.72 Å². The number of nitrogens with one attached hydrogen (secondary N) is 1. The van der Waals surface area contributed by atoms with Crippen molar-refractivity contribution < 1.29 is 27.4 Å². The molecule has 0 saturated carbocycles. The average Bonchev–Trinajstić information content (AvgIpc) is 2.66. The van der Waals surface area contributed by atoms with E-state index in [1.54, 1.807) is 32.0 Å². The molecule has 0 saturated heterocycles. The Hall–Kier alpha value is -2.45. The molecule has 2 aliphatic rings. The Kier molecular flexibility index (Phi) is 4.39. The predicted molar refractivity (Wildman–Crippen MR) is 98.2 cm³/mol. The summed E-state index contributed by atoms with van der Waals surface area (Å²) >= 11 is 0. The van der Waals surface area contributed by atoms with E-state index in [4.69, 9.17) is 18.9 Å². The van der Waals surface area contributed by atoms with Crippen molar-refractivity contribution in [3.8, 4) is 23.0 Å². The highest BCUT2D eigenvalue weighted by atomic mass is 32.2. The Morgan fingerprint density at radius 2 is 1.30 bits per heavy atom. The van der Waals surface area contributed by atoms with Gasteiger partial charge in [-0.1, -0.05) is 6.07 Å². The van der Waals surface area contributed by atoms with Gasteiger partial charge in [0.1, 0.15) is 26.4 Å². The van der Waals surface area contributed by atoms with Crippen LogP contribution in [-0.4, -0.2) is 34.8 Å². The van der Waals surface area contributed by atoms with Gasteiger partial charge in [0.25, 0.3) is 0 Å². The van der Waals surface area contributed by atoms with Crippen LogP contribution in [0.25, 0.3) is 0 Å². The normalized spacial score (nSPS) is 16.1. The first-order valence-corrected chi connectivity index (χ1v) is 10.2. The van der Waals surface area contributed by atoms with Gasteiger partial charge >= 0.3 is 0 Å². The van der Waals surface area contributed by atoms with E-state index >= 15 is 0 Å². The third-order valence-electron chi connectivity index (χ3n) is 4.48. The first-order chi connectivity index (χ1) is 12.9.